The highest BCUT2D eigenvalue weighted by molar-refractivity contribution is 5.92. The molecule has 1 atom stereocenters. The average Bonchev–Trinajstić information content (AvgIpc) is 3.00. The van der Waals surface area contributed by atoms with E-state index in [1.54, 1.807) is 12.3 Å². The number of aromatic nitrogens is 1. The monoisotopic (exact) mass is 191 g/mol. The zero-order valence-electron chi connectivity index (χ0n) is 7.81. The van der Waals surface area contributed by atoms with Crippen LogP contribution in [0.3, 0.4) is 0 Å². The van der Waals surface area contributed by atoms with Crippen LogP contribution in [0.25, 0.3) is 0 Å². The summed E-state index contributed by atoms with van der Waals surface area (Å²) >= 11 is 0. The van der Waals surface area contributed by atoms with Crippen molar-refractivity contribution < 1.29 is 4.79 Å². The first-order valence-electron chi connectivity index (χ1n) is 4.69. The summed E-state index contributed by atoms with van der Waals surface area (Å²) in [6.45, 7) is 0. The molecule has 4 heteroatoms. The van der Waals surface area contributed by atoms with Crippen LogP contribution in [-0.4, -0.2) is 10.9 Å². The van der Waals surface area contributed by atoms with E-state index in [1.165, 1.54) is 19.0 Å². The quantitative estimate of drug-likeness (QED) is 0.733. The number of carbonyl (C=O) groups is 1. The predicted octanol–water partition coefficient (Wildman–Crippen LogP) is 0.590. The molecule has 0 spiro atoms. The zero-order chi connectivity index (χ0) is 10.1. The van der Waals surface area contributed by atoms with Crippen LogP contribution in [0.4, 0.5) is 0 Å². The van der Waals surface area contributed by atoms with Gasteiger partial charge in [0, 0.05) is 18.4 Å². The molecular weight excluding hydrogens is 178 g/mol. The first kappa shape index (κ1) is 9.15. The van der Waals surface area contributed by atoms with Gasteiger partial charge in [0.25, 0.3) is 0 Å². The van der Waals surface area contributed by atoms with E-state index in [0.717, 1.165) is 5.56 Å². The van der Waals surface area contributed by atoms with Crippen LogP contribution < -0.4 is 11.5 Å². The second kappa shape index (κ2) is 3.38. The van der Waals surface area contributed by atoms with E-state index in [0.29, 0.717) is 11.5 Å². The predicted molar refractivity (Wildman–Crippen MR) is 52.4 cm³/mol. The van der Waals surface area contributed by atoms with Gasteiger partial charge in [0.05, 0.1) is 5.56 Å². The molecule has 4 nitrogen and oxygen atoms in total. The van der Waals surface area contributed by atoms with E-state index in [2.05, 4.69) is 4.98 Å². The Labute approximate surface area is 82.3 Å². The number of nitrogens with two attached hydrogens (primary N) is 2. The number of primary amides is 1. The molecule has 0 unspecified atom stereocenters. The maximum atomic E-state index is 10.9. The molecule has 1 aliphatic rings. The van der Waals surface area contributed by atoms with Gasteiger partial charge in [-0.3, -0.25) is 9.78 Å². The highest BCUT2D eigenvalue weighted by Crippen LogP contribution is 2.39. The Morgan fingerprint density at radius 3 is 2.79 bits per heavy atom. The largest absolute Gasteiger partial charge is 0.366 e. The number of pyridine rings is 1. The van der Waals surface area contributed by atoms with E-state index in [4.69, 9.17) is 11.5 Å². The first-order chi connectivity index (χ1) is 6.68. The van der Waals surface area contributed by atoms with Gasteiger partial charge in [-0.2, -0.15) is 0 Å². The van der Waals surface area contributed by atoms with Gasteiger partial charge in [0.15, 0.2) is 0 Å². The number of hydrogen-bond donors (Lipinski definition) is 2. The standard InChI is InChI=1S/C10H13N3O/c11-9(6-1-2-6)7-3-8(10(12)14)5-13-4-7/h3-6,9H,1-2,11H2,(H2,12,14)/t9-/m1/s1. The van der Waals surface area contributed by atoms with Crippen molar-refractivity contribution in [3.63, 3.8) is 0 Å². The molecule has 0 bridgehead atoms. The molecule has 1 amide bonds. The Hall–Kier alpha value is -1.42. The molecule has 14 heavy (non-hydrogen) atoms. The SMILES string of the molecule is NC(=O)c1cncc([C@H](N)C2CC2)c1. The molecule has 2 rings (SSSR count). The second-order valence-corrected chi connectivity index (χ2v) is 3.73. The van der Waals surface area contributed by atoms with Gasteiger partial charge < -0.3 is 11.5 Å². The van der Waals surface area contributed by atoms with Gasteiger partial charge >= 0.3 is 0 Å². The lowest BCUT2D eigenvalue weighted by Gasteiger charge is -2.10. The van der Waals surface area contributed by atoms with Crippen LogP contribution in [-0.2, 0) is 0 Å². The Morgan fingerprint density at radius 2 is 2.21 bits per heavy atom. The van der Waals surface area contributed by atoms with Crippen molar-refractivity contribution in [3.05, 3.63) is 29.6 Å². The highest BCUT2D eigenvalue weighted by Gasteiger charge is 2.29. The van der Waals surface area contributed by atoms with Crippen molar-refractivity contribution in [2.24, 2.45) is 17.4 Å². The second-order valence-electron chi connectivity index (χ2n) is 3.73. The lowest BCUT2D eigenvalue weighted by Crippen LogP contribution is -2.16. The minimum Gasteiger partial charge on any atom is -0.366 e. The number of hydrogen-bond acceptors (Lipinski definition) is 3. The fourth-order valence-electron chi connectivity index (χ4n) is 1.50. The van der Waals surface area contributed by atoms with Crippen molar-refractivity contribution in [1.82, 2.24) is 4.98 Å². The fourth-order valence-corrected chi connectivity index (χ4v) is 1.50. The maximum absolute atomic E-state index is 10.9. The molecule has 0 aromatic carbocycles. The Kier molecular flexibility index (Phi) is 2.21. The summed E-state index contributed by atoms with van der Waals surface area (Å²) in [6, 6.07) is 1.74. The topological polar surface area (TPSA) is 82.0 Å². The normalized spacial score (nSPS) is 17.8. The molecule has 0 aliphatic heterocycles. The van der Waals surface area contributed by atoms with E-state index < -0.39 is 5.91 Å². The molecule has 74 valence electrons. The summed E-state index contributed by atoms with van der Waals surface area (Å²) in [4.78, 5) is 14.9. The van der Waals surface area contributed by atoms with Gasteiger partial charge in [0.2, 0.25) is 5.91 Å². The van der Waals surface area contributed by atoms with Crippen molar-refractivity contribution in [1.29, 1.82) is 0 Å². The lowest BCUT2D eigenvalue weighted by molar-refractivity contribution is 0.1000. The number of rotatable bonds is 3. The van der Waals surface area contributed by atoms with Crippen LogP contribution in [0.2, 0.25) is 0 Å². The van der Waals surface area contributed by atoms with Gasteiger partial charge in [-0.05, 0) is 30.4 Å². The number of carbonyl (C=O) groups excluding carboxylic acids is 1. The van der Waals surface area contributed by atoms with Crippen molar-refractivity contribution in [2.45, 2.75) is 18.9 Å². The molecule has 1 heterocycles. The molecule has 1 fully saturated rings. The third-order valence-electron chi connectivity index (χ3n) is 2.56. The van der Waals surface area contributed by atoms with E-state index in [-0.39, 0.29) is 6.04 Å². The minimum absolute atomic E-state index is 0.00167. The summed E-state index contributed by atoms with van der Waals surface area (Å²) in [5, 5.41) is 0. The Morgan fingerprint density at radius 1 is 1.50 bits per heavy atom. The summed E-state index contributed by atoms with van der Waals surface area (Å²) in [7, 11) is 0. The van der Waals surface area contributed by atoms with E-state index in [1.807, 2.05) is 0 Å². The van der Waals surface area contributed by atoms with E-state index >= 15 is 0 Å². The summed E-state index contributed by atoms with van der Waals surface area (Å²) in [6.07, 6.45) is 5.50. The summed E-state index contributed by atoms with van der Waals surface area (Å²) in [5.74, 6) is 0.0993. The summed E-state index contributed by atoms with van der Waals surface area (Å²) < 4.78 is 0. The van der Waals surface area contributed by atoms with Crippen LogP contribution in [0.5, 0.6) is 0 Å². The molecule has 1 saturated carbocycles. The van der Waals surface area contributed by atoms with Gasteiger partial charge in [-0.25, -0.2) is 0 Å². The zero-order valence-corrected chi connectivity index (χ0v) is 7.81. The van der Waals surface area contributed by atoms with Crippen molar-refractivity contribution in [3.8, 4) is 0 Å². The van der Waals surface area contributed by atoms with Crippen molar-refractivity contribution in [2.75, 3.05) is 0 Å². The smallest absolute Gasteiger partial charge is 0.250 e. The van der Waals surface area contributed by atoms with Crippen LogP contribution in [0.15, 0.2) is 18.5 Å². The number of amides is 1. The van der Waals surface area contributed by atoms with Crippen molar-refractivity contribution >= 4 is 5.91 Å². The highest BCUT2D eigenvalue weighted by atomic mass is 16.1. The third-order valence-corrected chi connectivity index (χ3v) is 2.56. The molecule has 0 radical (unpaired) electrons. The maximum Gasteiger partial charge on any atom is 0.250 e. The third kappa shape index (κ3) is 1.75. The summed E-state index contributed by atoms with van der Waals surface area (Å²) in [5.41, 5.74) is 12.5. The fraction of sp³-hybridized carbons (Fsp3) is 0.400. The lowest BCUT2D eigenvalue weighted by atomic mass is 10.0. The molecule has 1 aromatic rings. The average molecular weight is 191 g/mol. The van der Waals surface area contributed by atoms with Crippen LogP contribution in [0.1, 0.15) is 34.8 Å². The van der Waals surface area contributed by atoms with Gasteiger partial charge in [-0.1, -0.05) is 0 Å². The van der Waals surface area contributed by atoms with Gasteiger partial charge in [0.1, 0.15) is 0 Å². The van der Waals surface area contributed by atoms with E-state index in [9.17, 15) is 4.79 Å². The Balaban J connectivity index is 2.24. The molecule has 4 N–H and O–H groups in total. The minimum atomic E-state index is -0.456. The first-order valence-corrected chi connectivity index (χ1v) is 4.69. The number of nitrogens with zero attached hydrogens (tertiary/aromatic N) is 1. The molecule has 1 aromatic heterocycles. The van der Waals surface area contributed by atoms with Crippen LogP contribution >= 0.6 is 0 Å². The van der Waals surface area contributed by atoms with Gasteiger partial charge in [-0.15, -0.1) is 0 Å². The Bertz CT molecular complexity index is 360. The molecule has 1 aliphatic carbocycles. The molecular formula is C10H13N3O. The molecule has 0 saturated heterocycles. The van der Waals surface area contributed by atoms with Crippen LogP contribution in [0, 0.1) is 5.92 Å².